The van der Waals surface area contributed by atoms with E-state index in [1.54, 1.807) is 36.4 Å². The fraction of sp³-hybridized carbons (Fsp3) is 0.367. The van der Waals surface area contributed by atoms with E-state index in [1.807, 2.05) is 11.8 Å². The number of carbonyl (C=O) groups excluding carboxylic acids is 1. The summed E-state index contributed by atoms with van der Waals surface area (Å²) in [7, 11) is -0.109. The average Bonchev–Trinajstić information content (AvgIpc) is 3.25. The van der Waals surface area contributed by atoms with Gasteiger partial charge in [-0.1, -0.05) is 17.7 Å². The van der Waals surface area contributed by atoms with Gasteiger partial charge in [-0.2, -0.15) is 0 Å². The van der Waals surface area contributed by atoms with Crippen molar-refractivity contribution in [2.45, 2.75) is 37.1 Å². The van der Waals surface area contributed by atoms with Crippen LogP contribution in [0.1, 0.15) is 30.4 Å². The third-order valence-corrected chi connectivity index (χ3v) is 9.38. The van der Waals surface area contributed by atoms with E-state index < -0.39 is 10.0 Å². The number of fused-ring (bicyclic) bond motifs is 3. The van der Waals surface area contributed by atoms with Gasteiger partial charge in [0.15, 0.2) is 6.61 Å². The summed E-state index contributed by atoms with van der Waals surface area (Å²) in [6, 6.07) is 19.5. The first kappa shape index (κ1) is 27.0. The van der Waals surface area contributed by atoms with Crippen LogP contribution >= 0.6 is 0 Å². The molecule has 5 rings (SSSR count). The van der Waals surface area contributed by atoms with Gasteiger partial charge in [0.1, 0.15) is 11.5 Å². The van der Waals surface area contributed by atoms with Gasteiger partial charge in [-0.15, -0.1) is 0 Å². The number of sulfonamides is 1. The molecule has 0 saturated carbocycles. The van der Waals surface area contributed by atoms with Crippen molar-refractivity contribution in [3.05, 3.63) is 77.9 Å². The average molecular weight is 550 g/mol. The largest absolute Gasteiger partial charge is 0.494 e. The molecular formula is C30H35N3O5S. The lowest BCUT2D eigenvalue weighted by Crippen LogP contribution is -2.48. The van der Waals surface area contributed by atoms with Crippen molar-refractivity contribution in [2.24, 2.45) is 0 Å². The third kappa shape index (κ3) is 5.33. The number of benzene rings is 3. The first-order valence-corrected chi connectivity index (χ1v) is 14.7. The maximum atomic E-state index is 13.4. The summed E-state index contributed by atoms with van der Waals surface area (Å²) in [5, 5.41) is 0. The van der Waals surface area contributed by atoms with Gasteiger partial charge in [-0.25, -0.2) is 8.42 Å². The highest BCUT2D eigenvalue weighted by atomic mass is 32.2. The zero-order chi connectivity index (χ0) is 27.7. The SMILES string of the molecule is CCOc1ccc(S(=O)(=O)N(C)c2ccc(OCC(=O)N3c4ccc(C)cc4[C@H]4CN(C)CC[C@H]43)cc2)cc1. The lowest BCUT2D eigenvalue weighted by Gasteiger charge is -2.36. The van der Waals surface area contributed by atoms with E-state index in [0.29, 0.717) is 29.7 Å². The fourth-order valence-corrected chi connectivity index (χ4v) is 6.74. The third-order valence-electron chi connectivity index (χ3n) is 7.58. The summed E-state index contributed by atoms with van der Waals surface area (Å²) >= 11 is 0. The summed E-state index contributed by atoms with van der Waals surface area (Å²) in [6.45, 7) is 6.26. The van der Waals surface area contributed by atoms with Gasteiger partial charge in [-0.05, 0) is 94.0 Å². The number of anilines is 2. The first-order valence-electron chi connectivity index (χ1n) is 13.2. The smallest absolute Gasteiger partial charge is 0.265 e. The van der Waals surface area contributed by atoms with Crippen LogP contribution < -0.4 is 18.7 Å². The lowest BCUT2D eigenvalue weighted by molar-refractivity contribution is -0.121. The molecule has 0 spiro atoms. The van der Waals surface area contributed by atoms with Crippen molar-refractivity contribution in [1.29, 1.82) is 0 Å². The van der Waals surface area contributed by atoms with Crippen molar-refractivity contribution in [1.82, 2.24) is 4.90 Å². The molecule has 3 aromatic carbocycles. The van der Waals surface area contributed by atoms with Gasteiger partial charge in [0.05, 0.1) is 17.2 Å². The topological polar surface area (TPSA) is 79.4 Å². The molecule has 1 saturated heterocycles. The normalized spacial score (nSPS) is 18.8. The van der Waals surface area contributed by atoms with Crippen molar-refractivity contribution in [2.75, 3.05) is 49.6 Å². The van der Waals surface area contributed by atoms with E-state index in [4.69, 9.17) is 9.47 Å². The highest BCUT2D eigenvalue weighted by molar-refractivity contribution is 7.92. The number of ether oxygens (including phenoxy) is 2. The standard InChI is InChI=1S/C30H35N3O5S/c1-5-37-23-11-13-25(14-12-23)39(35,36)32(4)22-7-9-24(10-8-22)38-20-30(34)33-28-15-6-21(2)18-26(28)27-19-31(3)17-16-29(27)33/h6-15,18,27,29H,5,16-17,19-20H2,1-4H3/t27-,29-/m1/s1. The minimum Gasteiger partial charge on any atom is -0.494 e. The number of likely N-dealkylation sites (tertiary alicyclic amines) is 1. The van der Waals surface area contributed by atoms with Gasteiger partial charge in [0.25, 0.3) is 15.9 Å². The Kier molecular flexibility index (Phi) is 7.55. The molecule has 2 aliphatic rings. The van der Waals surface area contributed by atoms with Crippen LogP contribution in [-0.2, 0) is 14.8 Å². The molecule has 2 heterocycles. The molecule has 206 valence electrons. The number of piperidine rings is 1. The van der Waals surface area contributed by atoms with Gasteiger partial charge in [-0.3, -0.25) is 9.10 Å². The van der Waals surface area contributed by atoms with Crippen LogP contribution in [0.2, 0.25) is 0 Å². The summed E-state index contributed by atoms with van der Waals surface area (Å²) in [4.78, 5) is 17.9. The summed E-state index contributed by atoms with van der Waals surface area (Å²) in [5.74, 6) is 1.35. The second-order valence-corrected chi connectivity index (χ2v) is 12.2. The van der Waals surface area contributed by atoms with E-state index in [0.717, 1.165) is 25.2 Å². The van der Waals surface area contributed by atoms with Gasteiger partial charge in [0.2, 0.25) is 0 Å². The van der Waals surface area contributed by atoms with Crippen LogP contribution in [-0.4, -0.2) is 65.7 Å². The van der Waals surface area contributed by atoms with E-state index in [-0.39, 0.29) is 23.5 Å². The van der Waals surface area contributed by atoms with Crippen LogP contribution in [0.3, 0.4) is 0 Å². The van der Waals surface area contributed by atoms with Crippen LogP contribution in [0.25, 0.3) is 0 Å². The molecule has 2 aliphatic heterocycles. The molecule has 0 unspecified atom stereocenters. The van der Waals surface area contributed by atoms with Crippen molar-refractivity contribution in [3.63, 3.8) is 0 Å². The Morgan fingerprint density at radius 2 is 1.67 bits per heavy atom. The zero-order valence-corrected chi connectivity index (χ0v) is 23.6. The second-order valence-electron chi connectivity index (χ2n) is 10.2. The Hall–Kier alpha value is -3.56. The fourth-order valence-electron chi connectivity index (χ4n) is 5.54. The van der Waals surface area contributed by atoms with Crippen LogP contribution in [0.15, 0.2) is 71.6 Å². The predicted octanol–water partition coefficient (Wildman–Crippen LogP) is 4.43. The van der Waals surface area contributed by atoms with Crippen molar-refractivity contribution < 1.29 is 22.7 Å². The Labute approximate surface area is 230 Å². The maximum absolute atomic E-state index is 13.4. The van der Waals surface area contributed by atoms with Gasteiger partial charge >= 0.3 is 0 Å². The number of nitrogens with zero attached hydrogens (tertiary/aromatic N) is 3. The summed E-state index contributed by atoms with van der Waals surface area (Å²) in [5.41, 5.74) is 3.90. The number of rotatable bonds is 8. The number of aryl methyl sites for hydroxylation is 1. The Morgan fingerprint density at radius 3 is 2.36 bits per heavy atom. The Bertz CT molecular complexity index is 1440. The second kappa shape index (κ2) is 10.9. The minimum absolute atomic E-state index is 0.0728. The minimum atomic E-state index is -3.75. The van der Waals surface area contributed by atoms with Gasteiger partial charge < -0.3 is 19.3 Å². The highest BCUT2D eigenvalue weighted by Crippen LogP contribution is 2.45. The van der Waals surface area contributed by atoms with E-state index in [9.17, 15) is 13.2 Å². The van der Waals surface area contributed by atoms with Crippen molar-refractivity contribution in [3.8, 4) is 11.5 Å². The maximum Gasteiger partial charge on any atom is 0.265 e. The lowest BCUT2D eigenvalue weighted by atomic mass is 9.89. The summed E-state index contributed by atoms with van der Waals surface area (Å²) in [6.07, 6.45) is 0.921. The molecule has 9 heteroatoms. The molecule has 3 aromatic rings. The van der Waals surface area contributed by atoms with E-state index in [2.05, 4.69) is 37.1 Å². The molecule has 1 amide bonds. The van der Waals surface area contributed by atoms with Crippen LogP contribution in [0.4, 0.5) is 11.4 Å². The van der Waals surface area contributed by atoms with Crippen molar-refractivity contribution >= 4 is 27.3 Å². The molecule has 0 radical (unpaired) electrons. The molecular weight excluding hydrogens is 514 g/mol. The molecule has 1 fully saturated rings. The van der Waals surface area contributed by atoms with Crippen LogP contribution in [0.5, 0.6) is 11.5 Å². The quantitative estimate of drug-likeness (QED) is 0.414. The monoisotopic (exact) mass is 549 g/mol. The molecule has 0 aliphatic carbocycles. The number of likely N-dealkylation sites (N-methyl/N-ethyl adjacent to an activating group) is 1. The number of hydrogen-bond donors (Lipinski definition) is 0. The Morgan fingerprint density at radius 1 is 1.00 bits per heavy atom. The van der Waals surface area contributed by atoms with E-state index in [1.165, 1.54) is 34.6 Å². The highest BCUT2D eigenvalue weighted by Gasteiger charge is 2.43. The first-order chi connectivity index (χ1) is 18.7. The molecule has 2 atom stereocenters. The molecule has 0 aromatic heterocycles. The molecule has 0 N–H and O–H groups in total. The number of amides is 1. The predicted molar refractivity (Wildman–Crippen MR) is 152 cm³/mol. The summed E-state index contributed by atoms with van der Waals surface area (Å²) < 4.78 is 38.7. The van der Waals surface area contributed by atoms with E-state index >= 15 is 0 Å². The zero-order valence-electron chi connectivity index (χ0n) is 22.8. The number of carbonyl (C=O) groups is 1. The Balaban J connectivity index is 1.26. The molecule has 0 bridgehead atoms. The molecule has 39 heavy (non-hydrogen) atoms. The molecule has 8 nitrogen and oxygen atoms in total. The van der Waals surface area contributed by atoms with Crippen LogP contribution in [0, 0.1) is 6.92 Å². The van der Waals surface area contributed by atoms with Gasteiger partial charge in [0, 0.05) is 31.2 Å². The number of hydrogen-bond acceptors (Lipinski definition) is 6.